The summed E-state index contributed by atoms with van der Waals surface area (Å²) in [7, 11) is 1.63. The molecule has 4 heteroatoms. The molecule has 0 unspecified atom stereocenters. The van der Waals surface area contributed by atoms with Gasteiger partial charge in [-0.05, 0) is 30.0 Å². The molecule has 0 saturated carbocycles. The molecule has 1 aliphatic rings. The number of nitrogens with zero attached hydrogens (tertiary/aromatic N) is 1. The van der Waals surface area contributed by atoms with Crippen molar-refractivity contribution in [1.82, 2.24) is 10.2 Å². The van der Waals surface area contributed by atoms with Gasteiger partial charge in [-0.2, -0.15) is 0 Å². The van der Waals surface area contributed by atoms with Crippen LogP contribution < -0.4 is 10.1 Å². The van der Waals surface area contributed by atoms with Crippen molar-refractivity contribution in [3.8, 4) is 5.75 Å². The summed E-state index contributed by atoms with van der Waals surface area (Å²) < 4.78 is 5.29. The fourth-order valence-electron chi connectivity index (χ4n) is 3.36. The van der Waals surface area contributed by atoms with Gasteiger partial charge in [-0.1, -0.05) is 42.5 Å². The van der Waals surface area contributed by atoms with Crippen LogP contribution >= 0.6 is 0 Å². The number of rotatable bonds is 7. The first-order valence-electron chi connectivity index (χ1n) is 8.94. The number of para-hydroxylation sites is 1. The molecular weight excluding hydrogens is 312 g/mol. The molecule has 2 aromatic carbocycles. The highest BCUT2D eigenvalue weighted by Crippen LogP contribution is 2.19. The van der Waals surface area contributed by atoms with Crippen LogP contribution in [0.3, 0.4) is 0 Å². The summed E-state index contributed by atoms with van der Waals surface area (Å²) in [5.74, 6) is 0.818. The van der Waals surface area contributed by atoms with E-state index >= 15 is 0 Å². The average molecular weight is 338 g/mol. The fraction of sp³-hybridized carbons (Fsp3) is 0.381. The molecule has 0 aliphatic carbocycles. The number of carbonyl (C=O) groups excluding carboxylic acids is 1. The predicted molar refractivity (Wildman–Crippen MR) is 99.7 cm³/mol. The predicted octanol–water partition coefficient (Wildman–Crippen LogP) is 2.80. The zero-order chi connectivity index (χ0) is 17.5. The van der Waals surface area contributed by atoms with Crippen LogP contribution in [0, 0.1) is 0 Å². The van der Waals surface area contributed by atoms with Crippen LogP contribution in [0.15, 0.2) is 48.5 Å². The van der Waals surface area contributed by atoms with Gasteiger partial charge in [-0.15, -0.1) is 0 Å². The number of hydrogen-bond acceptors (Lipinski definition) is 3. The Morgan fingerprint density at radius 1 is 1.12 bits per heavy atom. The molecule has 0 fully saturated rings. The minimum atomic E-state index is 0.0495. The molecule has 0 aromatic heterocycles. The summed E-state index contributed by atoms with van der Waals surface area (Å²) in [5, 5.41) is 3.02. The van der Waals surface area contributed by atoms with E-state index in [9.17, 15) is 4.79 Å². The Kier molecular flexibility index (Phi) is 6.07. The minimum absolute atomic E-state index is 0.0495. The van der Waals surface area contributed by atoms with Crippen molar-refractivity contribution in [3.05, 3.63) is 65.2 Å². The normalized spacial score (nSPS) is 14.0. The van der Waals surface area contributed by atoms with Crippen molar-refractivity contribution < 1.29 is 9.53 Å². The second-order valence-corrected chi connectivity index (χ2v) is 6.49. The van der Waals surface area contributed by atoms with E-state index in [1.807, 2.05) is 24.3 Å². The Labute approximate surface area is 149 Å². The van der Waals surface area contributed by atoms with Crippen LogP contribution in [-0.2, 0) is 24.2 Å². The van der Waals surface area contributed by atoms with Crippen molar-refractivity contribution in [2.45, 2.75) is 25.8 Å². The van der Waals surface area contributed by atoms with E-state index < -0.39 is 0 Å². The monoisotopic (exact) mass is 338 g/mol. The SMILES string of the molecule is COc1ccccc1CC(=O)NCCCN1CCc2ccccc2C1. The third-order valence-corrected chi connectivity index (χ3v) is 4.73. The number of hydrogen-bond donors (Lipinski definition) is 1. The molecular formula is C21H26N2O2. The van der Waals surface area contributed by atoms with Gasteiger partial charge in [0.05, 0.1) is 13.5 Å². The van der Waals surface area contributed by atoms with Crippen LogP contribution in [0.1, 0.15) is 23.1 Å². The van der Waals surface area contributed by atoms with Gasteiger partial charge in [0.2, 0.25) is 5.91 Å². The van der Waals surface area contributed by atoms with Gasteiger partial charge in [0.15, 0.2) is 0 Å². The smallest absolute Gasteiger partial charge is 0.224 e. The van der Waals surface area contributed by atoms with Gasteiger partial charge in [-0.25, -0.2) is 0 Å². The van der Waals surface area contributed by atoms with Gasteiger partial charge >= 0.3 is 0 Å². The van der Waals surface area contributed by atoms with Crippen molar-refractivity contribution in [1.29, 1.82) is 0 Å². The number of benzene rings is 2. The van der Waals surface area contributed by atoms with Crippen molar-refractivity contribution >= 4 is 5.91 Å². The summed E-state index contributed by atoms with van der Waals surface area (Å²) in [4.78, 5) is 14.6. The lowest BCUT2D eigenvalue weighted by molar-refractivity contribution is -0.120. The number of ether oxygens (including phenoxy) is 1. The highest BCUT2D eigenvalue weighted by Gasteiger charge is 2.15. The quantitative estimate of drug-likeness (QED) is 0.790. The zero-order valence-electron chi connectivity index (χ0n) is 14.8. The fourth-order valence-corrected chi connectivity index (χ4v) is 3.36. The van der Waals surface area contributed by atoms with Crippen LogP contribution in [0.2, 0.25) is 0 Å². The van der Waals surface area contributed by atoms with Gasteiger partial charge in [-0.3, -0.25) is 9.69 Å². The third kappa shape index (κ3) is 4.83. The first kappa shape index (κ1) is 17.5. The molecule has 25 heavy (non-hydrogen) atoms. The molecule has 2 aromatic rings. The van der Waals surface area contributed by atoms with E-state index in [0.29, 0.717) is 13.0 Å². The Morgan fingerprint density at radius 3 is 2.72 bits per heavy atom. The van der Waals surface area contributed by atoms with Crippen LogP contribution in [-0.4, -0.2) is 37.6 Å². The molecule has 0 bridgehead atoms. The minimum Gasteiger partial charge on any atom is -0.496 e. The molecule has 132 valence electrons. The van der Waals surface area contributed by atoms with E-state index in [1.165, 1.54) is 11.1 Å². The second kappa shape index (κ2) is 8.67. The standard InChI is InChI=1S/C21H26N2O2/c1-25-20-10-5-4-8-18(20)15-21(24)22-12-6-13-23-14-11-17-7-2-3-9-19(17)16-23/h2-5,7-10H,6,11-16H2,1H3,(H,22,24). The van der Waals surface area contributed by atoms with Gasteiger partial charge in [0.1, 0.15) is 5.75 Å². The molecule has 0 spiro atoms. The first-order chi connectivity index (χ1) is 12.3. The Hall–Kier alpha value is -2.33. The highest BCUT2D eigenvalue weighted by atomic mass is 16.5. The Bertz CT molecular complexity index is 715. The second-order valence-electron chi connectivity index (χ2n) is 6.49. The summed E-state index contributed by atoms with van der Waals surface area (Å²) in [6, 6.07) is 16.3. The molecule has 1 amide bonds. The third-order valence-electron chi connectivity index (χ3n) is 4.73. The number of amides is 1. The lowest BCUT2D eigenvalue weighted by Crippen LogP contribution is -2.34. The number of nitrogens with one attached hydrogen (secondary N) is 1. The molecule has 1 heterocycles. The molecule has 0 radical (unpaired) electrons. The van der Waals surface area contributed by atoms with E-state index in [4.69, 9.17) is 4.74 Å². The van der Waals surface area contributed by atoms with Crippen molar-refractivity contribution in [3.63, 3.8) is 0 Å². The molecule has 1 N–H and O–H groups in total. The molecule has 0 atom stereocenters. The maximum Gasteiger partial charge on any atom is 0.224 e. The van der Waals surface area contributed by atoms with Crippen LogP contribution in [0.4, 0.5) is 0 Å². The van der Waals surface area contributed by atoms with Crippen LogP contribution in [0.5, 0.6) is 5.75 Å². The topological polar surface area (TPSA) is 41.6 Å². The number of fused-ring (bicyclic) bond motifs is 1. The average Bonchev–Trinajstić information content (AvgIpc) is 2.65. The first-order valence-corrected chi connectivity index (χ1v) is 8.94. The summed E-state index contributed by atoms with van der Waals surface area (Å²) in [6.07, 6.45) is 2.46. The largest absolute Gasteiger partial charge is 0.496 e. The molecule has 1 aliphatic heterocycles. The number of methoxy groups -OCH3 is 1. The molecule has 0 saturated heterocycles. The lowest BCUT2D eigenvalue weighted by Gasteiger charge is -2.28. The van der Waals surface area contributed by atoms with E-state index in [-0.39, 0.29) is 5.91 Å². The number of carbonyl (C=O) groups is 1. The lowest BCUT2D eigenvalue weighted by atomic mass is 10.00. The maximum absolute atomic E-state index is 12.1. The van der Waals surface area contributed by atoms with Crippen molar-refractivity contribution in [2.24, 2.45) is 0 Å². The van der Waals surface area contributed by atoms with Gasteiger partial charge in [0.25, 0.3) is 0 Å². The summed E-state index contributed by atoms with van der Waals surface area (Å²) >= 11 is 0. The van der Waals surface area contributed by atoms with Crippen molar-refractivity contribution in [2.75, 3.05) is 26.7 Å². The highest BCUT2D eigenvalue weighted by molar-refractivity contribution is 5.79. The Morgan fingerprint density at radius 2 is 1.88 bits per heavy atom. The van der Waals surface area contributed by atoms with Gasteiger partial charge in [0, 0.05) is 31.7 Å². The maximum atomic E-state index is 12.1. The van der Waals surface area contributed by atoms with Gasteiger partial charge < -0.3 is 10.1 Å². The molecule has 3 rings (SSSR count). The Balaban J connectivity index is 1.38. The molecule has 4 nitrogen and oxygen atoms in total. The summed E-state index contributed by atoms with van der Waals surface area (Å²) in [5.41, 5.74) is 3.84. The van der Waals surface area contributed by atoms with E-state index in [0.717, 1.165) is 43.8 Å². The van der Waals surface area contributed by atoms with Crippen LogP contribution in [0.25, 0.3) is 0 Å². The summed E-state index contributed by atoms with van der Waals surface area (Å²) in [6.45, 7) is 3.85. The zero-order valence-corrected chi connectivity index (χ0v) is 14.8. The van der Waals surface area contributed by atoms with E-state index in [2.05, 4.69) is 34.5 Å². The van der Waals surface area contributed by atoms with E-state index in [1.54, 1.807) is 7.11 Å².